The molecule has 5 unspecified atom stereocenters. The smallest absolute Gasteiger partial charge is 0.0101 e. The van der Waals surface area contributed by atoms with Crippen molar-refractivity contribution in [3.63, 3.8) is 0 Å². The summed E-state index contributed by atoms with van der Waals surface area (Å²) in [5.41, 5.74) is 0. The van der Waals surface area contributed by atoms with Crippen molar-refractivity contribution in [1.29, 1.82) is 0 Å². The van der Waals surface area contributed by atoms with Crippen LogP contribution in [0.2, 0.25) is 0 Å². The molecular weight excluding hydrogens is 218 g/mol. The Morgan fingerprint density at radius 3 is 2.72 bits per heavy atom. The lowest BCUT2D eigenvalue weighted by atomic mass is 9.67. The molecule has 1 N–H and O–H groups in total. The fraction of sp³-hybridized carbons (Fsp3) is 1.00. The number of nitrogens with one attached hydrogen (secondary N) is 1. The fourth-order valence-corrected chi connectivity index (χ4v) is 4.91. The van der Waals surface area contributed by atoms with Gasteiger partial charge in [-0.1, -0.05) is 52.4 Å². The Hall–Kier alpha value is -0.0400. The molecule has 3 fully saturated rings. The van der Waals surface area contributed by atoms with E-state index in [1.165, 1.54) is 57.9 Å². The second-order valence-electron chi connectivity index (χ2n) is 7.52. The average molecular weight is 249 g/mol. The van der Waals surface area contributed by atoms with Crippen LogP contribution in [0.4, 0.5) is 0 Å². The van der Waals surface area contributed by atoms with Gasteiger partial charge in [-0.05, 0) is 49.0 Å². The largest absolute Gasteiger partial charge is 0.313 e. The highest BCUT2D eigenvalue weighted by Gasteiger charge is 2.44. The monoisotopic (exact) mass is 249 g/mol. The summed E-state index contributed by atoms with van der Waals surface area (Å²) in [6, 6.07) is 0.866. The molecular formula is C17H31N. The van der Waals surface area contributed by atoms with Gasteiger partial charge in [0.15, 0.2) is 0 Å². The van der Waals surface area contributed by atoms with Crippen molar-refractivity contribution in [3.8, 4) is 0 Å². The van der Waals surface area contributed by atoms with Crippen molar-refractivity contribution in [2.45, 2.75) is 71.3 Å². The topological polar surface area (TPSA) is 12.0 Å². The van der Waals surface area contributed by atoms with Crippen LogP contribution in [0, 0.1) is 29.6 Å². The van der Waals surface area contributed by atoms with Crippen LogP contribution in [-0.4, -0.2) is 12.6 Å². The summed E-state index contributed by atoms with van der Waals surface area (Å²) >= 11 is 0. The average Bonchev–Trinajstić information content (AvgIpc) is 2.64. The summed E-state index contributed by atoms with van der Waals surface area (Å²) in [6.07, 6.45) is 12.0. The van der Waals surface area contributed by atoms with Crippen LogP contribution in [0.5, 0.6) is 0 Å². The van der Waals surface area contributed by atoms with E-state index in [1.54, 1.807) is 0 Å². The maximum absolute atomic E-state index is 3.80. The zero-order valence-corrected chi connectivity index (χ0v) is 12.3. The second-order valence-corrected chi connectivity index (χ2v) is 7.52. The van der Waals surface area contributed by atoms with Crippen LogP contribution in [-0.2, 0) is 0 Å². The van der Waals surface area contributed by atoms with Crippen LogP contribution >= 0.6 is 0 Å². The highest BCUT2D eigenvalue weighted by molar-refractivity contribution is 4.98. The summed E-state index contributed by atoms with van der Waals surface area (Å²) in [4.78, 5) is 0. The molecule has 0 aromatic carbocycles. The minimum absolute atomic E-state index is 0.866. The van der Waals surface area contributed by atoms with Gasteiger partial charge < -0.3 is 5.32 Å². The van der Waals surface area contributed by atoms with Gasteiger partial charge in [0.2, 0.25) is 0 Å². The molecule has 104 valence electrons. The lowest BCUT2D eigenvalue weighted by Crippen LogP contribution is -2.37. The van der Waals surface area contributed by atoms with E-state index >= 15 is 0 Å². The Kier molecular flexibility index (Phi) is 3.98. The van der Waals surface area contributed by atoms with Crippen LogP contribution in [0.25, 0.3) is 0 Å². The fourth-order valence-electron chi connectivity index (χ4n) is 4.91. The summed E-state index contributed by atoms with van der Waals surface area (Å²) in [5.74, 6) is 5.02. The van der Waals surface area contributed by atoms with E-state index in [4.69, 9.17) is 0 Å². The van der Waals surface area contributed by atoms with Gasteiger partial charge in [-0.15, -0.1) is 0 Å². The van der Waals surface area contributed by atoms with Gasteiger partial charge in [-0.3, -0.25) is 0 Å². The predicted octanol–water partition coefficient (Wildman–Crippen LogP) is 4.23. The van der Waals surface area contributed by atoms with E-state index in [2.05, 4.69) is 19.2 Å². The molecule has 5 atom stereocenters. The molecule has 18 heavy (non-hydrogen) atoms. The summed E-state index contributed by atoms with van der Waals surface area (Å²) in [6.45, 7) is 6.34. The molecule has 1 heterocycles. The molecule has 1 aliphatic heterocycles. The van der Waals surface area contributed by atoms with Crippen molar-refractivity contribution in [2.75, 3.05) is 6.54 Å². The van der Waals surface area contributed by atoms with Crippen molar-refractivity contribution in [3.05, 3.63) is 0 Å². The van der Waals surface area contributed by atoms with Crippen LogP contribution < -0.4 is 5.32 Å². The molecule has 2 bridgehead atoms. The second kappa shape index (κ2) is 5.53. The van der Waals surface area contributed by atoms with Crippen LogP contribution in [0.3, 0.4) is 0 Å². The van der Waals surface area contributed by atoms with Crippen molar-refractivity contribution >= 4 is 0 Å². The molecule has 0 spiro atoms. The van der Waals surface area contributed by atoms with E-state index in [9.17, 15) is 0 Å². The third-order valence-corrected chi connectivity index (χ3v) is 6.39. The first kappa shape index (κ1) is 13.0. The number of hydrogen-bond acceptors (Lipinski definition) is 1. The zero-order valence-electron chi connectivity index (χ0n) is 12.3. The van der Waals surface area contributed by atoms with Crippen molar-refractivity contribution in [2.24, 2.45) is 29.6 Å². The van der Waals surface area contributed by atoms with E-state index in [0.29, 0.717) is 0 Å². The molecule has 2 saturated carbocycles. The number of hydrogen-bond donors (Lipinski definition) is 1. The Labute approximate surface area is 113 Å². The normalized spacial score (nSPS) is 41.7. The molecule has 2 aliphatic carbocycles. The van der Waals surface area contributed by atoms with Gasteiger partial charge in [0, 0.05) is 6.04 Å². The van der Waals surface area contributed by atoms with E-state index in [0.717, 1.165) is 35.6 Å². The SMILES string of the molecule is CC1CCC2NCC1C2C(C)CCCC1CCC1. The number of fused-ring (bicyclic) bond motifs is 2. The third-order valence-electron chi connectivity index (χ3n) is 6.39. The zero-order chi connectivity index (χ0) is 12.5. The van der Waals surface area contributed by atoms with Gasteiger partial charge in [-0.2, -0.15) is 0 Å². The van der Waals surface area contributed by atoms with Gasteiger partial charge in [0.25, 0.3) is 0 Å². The Morgan fingerprint density at radius 1 is 1.17 bits per heavy atom. The van der Waals surface area contributed by atoms with E-state index in [-0.39, 0.29) is 0 Å². The Bertz CT molecular complexity index is 271. The molecule has 3 aliphatic rings. The Morgan fingerprint density at radius 2 is 2.00 bits per heavy atom. The molecule has 1 heteroatoms. The first-order valence-corrected chi connectivity index (χ1v) is 8.49. The van der Waals surface area contributed by atoms with E-state index < -0.39 is 0 Å². The lowest BCUT2D eigenvalue weighted by Gasteiger charge is -2.38. The molecule has 0 radical (unpaired) electrons. The third kappa shape index (κ3) is 2.48. The molecule has 0 aromatic rings. The highest BCUT2D eigenvalue weighted by atomic mass is 15.0. The molecule has 0 amide bonds. The molecule has 0 aromatic heterocycles. The molecule has 1 nitrogen and oxygen atoms in total. The van der Waals surface area contributed by atoms with Gasteiger partial charge in [0.05, 0.1) is 0 Å². The first-order valence-electron chi connectivity index (χ1n) is 8.49. The van der Waals surface area contributed by atoms with Crippen molar-refractivity contribution in [1.82, 2.24) is 5.32 Å². The summed E-state index contributed by atoms with van der Waals surface area (Å²) in [7, 11) is 0. The Balaban J connectivity index is 1.47. The van der Waals surface area contributed by atoms with Gasteiger partial charge >= 0.3 is 0 Å². The van der Waals surface area contributed by atoms with Crippen LogP contribution in [0.1, 0.15) is 65.2 Å². The van der Waals surface area contributed by atoms with Gasteiger partial charge in [0.1, 0.15) is 0 Å². The summed E-state index contributed by atoms with van der Waals surface area (Å²) < 4.78 is 0. The maximum Gasteiger partial charge on any atom is 0.0101 e. The van der Waals surface area contributed by atoms with Gasteiger partial charge in [-0.25, -0.2) is 0 Å². The highest BCUT2D eigenvalue weighted by Crippen LogP contribution is 2.44. The quantitative estimate of drug-likeness (QED) is 0.769. The lowest BCUT2D eigenvalue weighted by molar-refractivity contribution is 0.139. The minimum atomic E-state index is 0.866. The molecule has 3 rings (SSSR count). The summed E-state index contributed by atoms with van der Waals surface area (Å²) in [5, 5.41) is 3.80. The van der Waals surface area contributed by atoms with E-state index in [1.807, 2.05) is 0 Å². The minimum Gasteiger partial charge on any atom is -0.313 e. The number of rotatable bonds is 5. The predicted molar refractivity (Wildman–Crippen MR) is 77.5 cm³/mol. The maximum atomic E-state index is 3.80. The molecule has 1 saturated heterocycles. The van der Waals surface area contributed by atoms with Crippen molar-refractivity contribution < 1.29 is 0 Å². The first-order chi connectivity index (χ1) is 8.75. The van der Waals surface area contributed by atoms with Crippen LogP contribution in [0.15, 0.2) is 0 Å². The standard InChI is InChI=1S/C17H31N/c1-12-9-10-16-17(15(12)11-18-16)13(2)5-3-6-14-7-4-8-14/h12-18H,3-11H2,1-2H3.